The van der Waals surface area contributed by atoms with Gasteiger partial charge >= 0.3 is 0 Å². The molecule has 3 heterocycles. The third-order valence-corrected chi connectivity index (χ3v) is 7.12. The van der Waals surface area contributed by atoms with Gasteiger partial charge in [0.15, 0.2) is 5.58 Å². The van der Waals surface area contributed by atoms with Crippen molar-refractivity contribution in [3.63, 3.8) is 0 Å². The van der Waals surface area contributed by atoms with Gasteiger partial charge in [-0.3, -0.25) is 9.59 Å². The van der Waals surface area contributed by atoms with E-state index in [1.165, 1.54) is 12.1 Å². The van der Waals surface area contributed by atoms with Crippen LogP contribution in [0.3, 0.4) is 0 Å². The van der Waals surface area contributed by atoms with Crippen molar-refractivity contribution in [2.75, 3.05) is 0 Å². The molecule has 2 amide bonds. The normalized spacial score (nSPS) is 25.7. The van der Waals surface area contributed by atoms with Crippen LogP contribution in [0, 0.1) is 11.7 Å². The molecule has 0 unspecified atom stereocenters. The standard InChI is InChI=1S/C25H28FN3O3/c1-16-6-8-19(9-7-16)27-24(31)25(2)15-28-20-10-11-32-22(20)13-21(28)23(30)29(25)14-17-4-3-5-18(26)12-17/h3-5,10-13,16,19H,6-9,14-15H2,1-2H3,(H,27,31)/t16?,19?,25-/m0/s1. The van der Waals surface area contributed by atoms with Crippen molar-refractivity contribution in [1.82, 2.24) is 14.8 Å². The van der Waals surface area contributed by atoms with E-state index in [1.807, 2.05) is 10.6 Å². The van der Waals surface area contributed by atoms with E-state index in [2.05, 4.69) is 12.2 Å². The average molecular weight is 438 g/mol. The molecule has 0 bridgehead atoms. The molecule has 1 aromatic carbocycles. The number of nitrogens with zero attached hydrogens (tertiary/aromatic N) is 2. The van der Waals surface area contributed by atoms with Crippen LogP contribution in [0.5, 0.6) is 0 Å². The Labute approximate surface area is 186 Å². The lowest BCUT2D eigenvalue weighted by molar-refractivity contribution is -0.134. The molecule has 3 aromatic rings. The second kappa shape index (κ2) is 7.80. The van der Waals surface area contributed by atoms with Gasteiger partial charge in [0.25, 0.3) is 5.91 Å². The first-order valence-electron chi connectivity index (χ1n) is 11.3. The number of hydrogen-bond acceptors (Lipinski definition) is 3. The maximum absolute atomic E-state index is 13.8. The van der Waals surface area contributed by atoms with Crippen LogP contribution in [-0.2, 0) is 17.9 Å². The van der Waals surface area contributed by atoms with E-state index in [4.69, 9.17) is 4.42 Å². The van der Waals surface area contributed by atoms with Gasteiger partial charge in [-0.15, -0.1) is 0 Å². The van der Waals surface area contributed by atoms with E-state index in [0.717, 1.165) is 31.2 Å². The molecule has 32 heavy (non-hydrogen) atoms. The second-order valence-electron chi connectivity index (χ2n) is 9.51. The number of halogens is 1. The quantitative estimate of drug-likeness (QED) is 0.654. The highest BCUT2D eigenvalue weighted by molar-refractivity contribution is 6.02. The molecule has 1 saturated carbocycles. The van der Waals surface area contributed by atoms with Crippen LogP contribution in [0.2, 0.25) is 0 Å². The summed E-state index contributed by atoms with van der Waals surface area (Å²) in [4.78, 5) is 28.9. The number of carbonyl (C=O) groups is 2. The first-order valence-corrected chi connectivity index (χ1v) is 11.3. The van der Waals surface area contributed by atoms with Gasteiger partial charge in [-0.05, 0) is 56.2 Å². The Hall–Kier alpha value is -3.09. The molecule has 0 spiro atoms. The SMILES string of the molecule is CC1CCC(NC(=O)[C@]2(C)Cn3c(cc4occc43)C(=O)N2Cc2cccc(F)c2)CC1. The number of amides is 2. The van der Waals surface area contributed by atoms with Crippen molar-refractivity contribution >= 4 is 22.9 Å². The molecule has 7 heteroatoms. The number of rotatable bonds is 4. The number of hydrogen-bond donors (Lipinski definition) is 1. The highest BCUT2D eigenvalue weighted by Gasteiger charge is 2.48. The molecule has 1 fully saturated rings. The highest BCUT2D eigenvalue weighted by Crippen LogP contribution is 2.34. The van der Waals surface area contributed by atoms with Gasteiger partial charge in [0, 0.05) is 24.7 Å². The van der Waals surface area contributed by atoms with E-state index in [9.17, 15) is 14.0 Å². The third-order valence-electron chi connectivity index (χ3n) is 7.12. The molecule has 1 aliphatic carbocycles. The molecule has 0 radical (unpaired) electrons. The Balaban J connectivity index is 1.51. The number of aromatic nitrogens is 1. The monoisotopic (exact) mass is 437 g/mol. The smallest absolute Gasteiger partial charge is 0.271 e. The van der Waals surface area contributed by atoms with Crippen molar-refractivity contribution in [2.24, 2.45) is 5.92 Å². The first-order chi connectivity index (χ1) is 15.3. The summed E-state index contributed by atoms with van der Waals surface area (Å²) in [5, 5.41) is 3.22. The summed E-state index contributed by atoms with van der Waals surface area (Å²) in [6.07, 6.45) is 5.65. The maximum atomic E-state index is 13.8. The predicted octanol–water partition coefficient (Wildman–Crippen LogP) is 4.48. The van der Waals surface area contributed by atoms with E-state index in [1.54, 1.807) is 36.3 Å². The summed E-state index contributed by atoms with van der Waals surface area (Å²) in [5.41, 5.74) is 1.41. The Kier molecular flexibility index (Phi) is 5.07. The molecule has 0 saturated heterocycles. The number of fused-ring (bicyclic) bond motifs is 3. The Morgan fingerprint density at radius 1 is 1.22 bits per heavy atom. The third kappa shape index (κ3) is 3.49. The van der Waals surface area contributed by atoms with Crippen LogP contribution in [0.4, 0.5) is 4.39 Å². The van der Waals surface area contributed by atoms with Gasteiger partial charge in [0.1, 0.15) is 17.1 Å². The first kappa shape index (κ1) is 20.8. The fourth-order valence-electron chi connectivity index (χ4n) is 5.08. The minimum Gasteiger partial charge on any atom is -0.463 e. The molecular weight excluding hydrogens is 409 g/mol. The minimum atomic E-state index is -1.12. The van der Waals surface area contributed by atoms with Gasteiger partial charge < -0.3 is 19.2 Å². The lowest BCUT2D eigenvalue weighted by Crippen LogP contribution is -2.64. The maximum Gasteiger partial charge on any atom is 0.271 e. The van der Waals surface area contributed by atoms with Crippen LogP contribution in [-0.4, -0.2) is 32.9 Å². The average Bonchev–Trinajstić information content (AvgIpc) is 3.35. The van der Waals surface area contributed by atoms with Crippen molar-refractivity contribution in [3.8, 4) is 0 Å². The van der Waals surface area contributed by atoms with Gasteiger partial charge in [0.05, 0.1) is 18.3 Å². The van der Waals surface area contributed by atoms with Crippen molar-refractivity contribution in [2.45, 2.75) is 64.2 Å². The molecule has 5 rings (SSSR count). The zero-order valence-corrected chi connectivity index (χ0v) is 18.4. The fourth-order valence-corrected chi connectivity index (χ4v) is 5.08. The summed E-state index contributed by atoms with van der Waals surface area (Å²) in [6.45, 7) is 4.50. The van der Waals surface area contributed by atoms with Crippen LogP contribution in [0.15, 0.2) is 47.1 Å². The van der Waals surface area contributed by atoms with Crippen LogP contribution in [0.1, 0.15) is 55.6 Å². The summed E-state index contributed by atoms with van der Waals surface area (Å²) in [5.74, 6) is -0.119. The highest BCUT2D eigenvalue weighted by atomic mass is 19.1. The number of furan rings is 1. The molecule has 2 aromatic heterocycles. The van der Waals surface area contributed by atoms with Crippen LogP contribution in [0.25, 0.3) is 11.1 Å². The number of benzene rings is 1. The number of nitrogens with one attached hydrogen (secondary N) is 1. The van der Waals surface area contributed by atoms with E-state index >= 15 is 0 Å². The van der Waals surface area contributed by atoms with Gasteiger partial charge in [0.2, 0.25) is 5.91 Å². The van der Waals surface area contributed by atoms with Gasteiger partial charge in [-0.25, -0.2) is 4.39 Å². The van der Waals surface area contributed by atoms with Gasteiger partial charge in [-0.2, -0.15) is 0 Å². The number of carbonyl (C=O) groups excluding carboxylic acids is 2. The Morgan fingerprint density at radius 3 is 2.75 bits per heavy atom. The van der Waals surface area contributed by atoms with Crippen molar-refractivity contribution in [3.05, 3.63) is 59.7 Å². The fraction of sp³-hybridized carbons (Fsp3) is 0.440. The molecule has 6 nitrogen and oxygen atoms in total. The van der Waals surface area contributed by atoms with Gasteiger partial charge in [-0.1, -0.05) is 19.1 Å². The molecule has 1 N–H and O–H groups in total. The summed E-state index contributed by atoms with van der Waals surface area (Å²) < 4.78 is 21.2. The predicted molar refractivity (Wildman–Crippen MR) is 118 cm³/mol. The molecule has 2 aliphatic rings. The summed E-state index contributed by atoms with van der Waals surface area (Å²) in [7, 11) is 0. The lowest BCUT2D eigenvalue weighted by Gasteiger charge is -2.45. The topological polar surface area (TPSA) is 67.5 Å². The second-order valence-corrected chi connectivity index (χ2v) is 9.51. The molecule has 168 valence electrons. The zero-order chi connectivity index (χ0) is 22.5. The minimum absolute atomic E-state index is 0.113. The zero-order valence-electron chi connectivity index (χ0n) is 18.4. The Bertz CT molecular complexity index is 1170. The molecule has 1 aliphatic heterocycles. The lowest BCUT2D eigenvalue weighted by atomic mass is 9.86. The van der Waals surface area contributed by atoms with Crippen LogP contribution >= 0.6 is 0 Å². The van der Waals surface area contributed by atoms with E-state index < -0.39 is 5.54 Å². The summed E-state index contributed by atoms with van der Waals surface area (Å²) in [6, 6.07) is 9.82. The molecular formula is C25H28FN3O3. The molecule has 1 atom stereocenters. The Morgan fingerprint density at radius 2 is 2.00 bits per heavy atom. The van der Waals surface area contributed by atoms with Crippen LogP contribution < -0.4 is 5.32 Å². The van der Waals surface area contributed by atoms with E-state index in [-0.39, 0.29) is 30.2 Å². The van der Waals surface area contributed by atoms with Crippen molar-refractivity contribution in [1.29, 1.82) is 0 Å². The summed E-state index contributed by atoms with van der Waals surface area (Å²) >= 11 is 0. The largest absolute Gasteiger partial charge is 0.463 e. The van der Waals surface area contributed by atoms with E-state index in [0.29, 0.717) is 29.3 Å². The van der Waals surface area contributed by atoms with Crippen molar-refractivity contribution < 1.29 is 18.4 Å².